The number of phosphoric acid groups is 1. The number of phosphoric ester groups is 1. The Morgan fingerprint density at radius 3 is 1.81 bits per heavy atom. The molecule has 0 amide bonds. The van der Waals surface area contributed by atoms with Crippen molar-refractivity contribution in [3.05, 3.63) is 12.2 Å². The highest BCUT2D eigenvalue weighted by molar-refractivity contribution is 9.09. The Labute approximate surface area is 169 Å². The summed E-state index contributed by atoms with van der Waals surface area (Å²) in [6, 6.07) is 0. The molecule has 6 heteroatoms. The number of unbranched alkanes of at least 4 members (excludes halogenated alkanes) is 13. The van der Waals surface area contributed by atoms with Gasteiger partial charge in [0.15, 0.2) is 0 Å². The molecule has 156 valence electrons. The molecule has 1 unspecified atom stereocenters. The molecule has 1 atom stereocenters. The quantitative estimate of drug-likeness (QED) is 0.0867. The van der Waals surface area contributed by atoms with E-state index in [4.69, 9.17) is 4.52 Å². The van der Waals surface area contributed by atoms with Gasteiger partial charge < -0.3 is 13.9 Å². The van der Waals surface area contributed by atoms with Crippen molar-refractivity contribution in [1.82, 2.24) is 0 Å². The monoisotopic (exact) mass is 453 g/mol. The summed E-state index contributed by atoms with van der Waals surface area (Å²) in [5.74, 6) is 0. The number of rotatable bonds is 20. The lowest BCUT2D eigenvalue weighted by atomic mass is 10.0. The van der Waals surface area contributed by atoms with E-state index in [9.17, 15) is 9.46 Å². The Hall–Kier alpha value is 0.330. The van der Waals surface area contributed by atoms with E-state index in [2.05, 4.69) is 27.4 Å². The first-order valence-corrected chi connectivity index (χ1v) is 13.0. The first-order valence-electron chi connectivity index (χ1n) is 10.4. The van der Waals surface area contributed by atoms with E-state index in [0.717, 1.165) is 12.8 Å². The van der Waals surface area contributed by atoms with Crippen LogP contribution in [0.15, 0.2) is 12.2 Å². The first kappa shape index (κ1) is 26.3. The van der Waals surface area contributed by atoms with Gasteiger partial charge in [-0.1, -0.05) is 112 Å². The second kappa shape index (κ2) is 20.1. The van der Waals surface area contributed by atoms with Crippen LogP contribution in [-0.4, -0.2) is 18.5 Å². The lowest BCUT2D eigenvalue weighted by molar-refractivity contribution is -0.223. The van der Waals surface area contributed by atoms with Gasteiger partial charge in [0.25, 0.3) is 7.82 Å². The molecular weight excluding hydrogens is 415 g/mol. The van der Waals surface area contributed by atoms with Crippen LogP contribution < -0.4 is 4.89 Å². The minimum absolute atomic E-state index is 0.0571. The second-order valence-corrected chi connectivity index (χ2v) is 8.97. The smallest absolute Gasteiger partial charge is 0.268 e. The average Bonchev–Trinajstić information content (AvgIpc) is 2.62. The lowest BCUT2D eigenvalue weighted by Gasteiger charge is -2.21. The van der Waals surface area contributed by atoms with E-state index >= 15 is 0 Å². The third kappa shape index (κ3) is 20.6. The van der Waals surface area contributed by atoms with Gasteiger partial charge in [0.05, 0.1) is 13.2 Å². The second-order valence-electron chi connectivity index (χ2n) is 6.77. The average molecular weight is 454 g/mol. The van der Waals surface area contributed by atoms with Gasteiger partial charge in [-0.3, -0.25) is 4.57 Å². The van der Waals surface area contributed by atoms with Gasteiger partial charge in [0, 0.05) is 5.33 Å². The highest BCUT2D eigenvalue weighted by Crippen LogP contribution is 2.37. The Bertz CT molecular complexity index is 364. The van der Waals surface area contributed by atoms with Crippen LogP contribution in [0, 0.1) is 0 Å². The highest BCUT2D eigenvalue weighted by Gasteiger charge is 2.06. The standard InChI is InChI=1S/C20H40BrO4P/c1-2-3-4-5-6-7-8-9-10-11-12-13-14-15-16-17-19-24-26(22,23)25-20-18-21/h16-17H,2-15,18-20H2,1H3,(H,22,23)/p-1/b17-16+. The molecule has 0 aromatic carbocycles. The summed E-state index contributed by atoms with van der Waals surface area (Å²) in [5.41, 5.74) is 0. The molecule has 0 N–H and O–H groups in total. The Kier molecular flexibility index (Phi) is 20.3. The maximum atomic E-state index is 11.3. The molecule has 0 saturated heterocycles. The molecule has 0 aromatic heterocycles. The van der Waals surface area contributed by atoms with Crippen molar-refractivity contribution in [2.24, 2.45) is 0 Å². The zero-order chi connectivity index (χ0) is 19.3. The predicted octanol–water partition coefficient (Wildman–Crippen LogP) is 6.92. The molecule has 0 rings (SSSR count). The topological polar surface area (TPSA) is 58.6 Å². The van der Waals surface area contributed by atoms with Crippen molar-refractivity contribution < 1.29 is 18.5 Å². The fourth-order valence-corrected chi connectivity index (χ4v) is 3.85. The number of alkyl halides is 1. The Morgan fingerprint density at radius 1 is 0.808 bits per heavy atom. The van der Waals surface area contributed by atoms with Crippen LogP contribution in [0.25, 0.3) is 0 Å². The SMILES string of the molecule is CCCCCCCCCCCCCCC/C=C/COP(=O)([O-])OCCBr. The molecule has 0 heterocycles. The maximum Gasteiger partial charge on any atom is 0.268 e. The van der Waals surface area contributed by atoms with Crippen molar-refractivity contribution >= 4 is 23.8 Å². The molecule has 4 nitrogen and oxygen atoms in total. The largest absolute Gasteiger partial charge is 0.756 e. The molecule has 0 fully saturated rings. The predicted molar refractivity (Wildman–Crippen MR) is 113 cm³/mol. The number of allylic oxidation sites excluding steroid dienone is 1. The molecule has 0 aliphatic carbocycles. The molecular formula is C20H39BrO4P-. The molecule has 0 aliphatic heterocycles. The molecule has 0 aromatic rings. The molecule has 0 bridgehead atoms. The van der Waals surface area contributed by atoms with Crippen molar-refractivity contribution in [3.8, 4) is 0 Å². The summed E-state index contributed by atoms with van der Waals surface area (Å²) in [5, 5.41) is 0.470. The van der Waals surface area contributed by atoms with Gasteiger partial charge in [-0.2, -0.15) is 0 Å². The van der Waals surface area contributed by atoms with Gasteiger partial charge in [-0.15, -0.1) is 0 Å². The van der Waals surface area contributed by atoms with Crippen molar-refractivity contribution in [3.63, 3.8) is 0 Å². The fraction of sp³-hybridized carbons (Fsp3) is 0.900. The number of halogens is 1. The zero-order valence-electron chi connectivity index (χ0n) is 16.6. The zero-order valence-corrected chi connectivity index (χ0v) is 19.1. The summed E-state index contributed by atoms with van der Waals surface area (Å²) in [6.07, 6.45) is 22.3. The molecule has 0 radical (unpaired) electrons. The van der Waals surface area contributed by atoms with Crippen molar-refractivity contribution in [2.45, 2.75) is 96.8 Å². The molecule has 0 saturated carbocycles. The van der Waals surface area contributed by atoms with Crippen LogP contribution in [0.2, 0.25) is 0 Å². The van der Waals surface area contributed by atoms with Crippen LogP contribution >= 0.6 is 23.8 Å². The third-order valence-electron chi connectivity index (χ3n) is 4.30. The van der Waals surface area contributed by atoms with Gasteiger partial charge in [0.2, 0.25) is 0 Å². The summed E-state index contributed by atoms with van der Waals surface area (Å²) in [4.78, 5) is 11.3. The van der Waals surface area contributed by atoms with Gasteiger partial charge in [0.1, 0.15) is 0 Å². The third-order valence-corrected chi connectivity index (χ3v) is 5.58. The lowest BCUT2D eigenvalue weighted by Crippen LogP contribution is -2.09. The minimum atomic E-state index is -4.13. The Morgan fingerprint density at radius 2 is 1.31 bits per heavy atom. The van der Waals surface area contributed by atoms with Crippen LogP contribution in [0.1, 0.15) is 96.8 Å². The van der Waals surface area contributed by atoms with Gasteiger partial charge >= 0.3 is 0 Å². The summed E-state index contributed by atoms with van der Waals surface area (Å²) in [7, 11) is -4.13. The van der Waals surface area contributed by atoms with E-state index < -0.39 is 7.82 Å². The normalized spacial score (nSPS) is 14.1. The van der Waals surface area contributed by atoms with E-state index in [1.165, 1.54) is 77.0 Å². The van der Waals surface area contributed by atoms with E-state index in [1.54, 1.807) is 6.08 Å². The minimum Gasteiger partial charge on any atom is -0.756 e. The van der Waals surface area contributed by atoms with E-state index in [-0.39, 0.29) is 13.2 Å². The van der Waals surface area contributed by atoms with Crippen LogP contribution in [0.3, 0.4) is 0 Å². The Balaban J connectivity index is 3.25. The van der Waals surface area contributed by atoms with E-state index in [1.807, 2.05) is 6.08 Å². The first-order chi connectivity index (χ1) is 12.6. The molecule has 26 heavy (non-hydrogen) atoms. The van der Waals surface area contributed by atoms with Crippen molar-refractivity contribution in [1.29, 1.82) is 0 Å². The van der Waals surface area contributed by atoms with Gasteiger partial charge in [-0.05, 0) is 12.8 Å². The summed E-state index contributed by atoms with van der Waals surface area (Å²) >= 11 is 3.10. The van der Waals surface area contributed by atoms with Crippen LogP contribution in [0.4, 0.5) is 0 Å². The molecule has 0 aliphatic rings. The fourth-order valence-electron chi connectivity index (χ4n) is 2.78. The van der Waals surface area contributed by atoms with E-state index in [0.29, 0.717) is 5.33 Å². The summed E-state index contributed by atoms with van der Waals surface area (Å²) in [6.45, 7) is 2.42. The van der Waals surface area contributed by atoms with Crippen LogP contribution in [0.5, 0.6) is 0 Å². The van der Waals surface area contributed by atoms with Crippen molar-refractivity contribution in [2.75, 3.05) is 18.5 Å². The van der Waals surface area contributed by atoms with Crippen LogP contribution in [-0.2, 0) is 13.6 Å². The van der Waals surface area contributed by atoms with Gasteiger partial charge in [-0.25, -0.2) is 0 Å². The highest BCUT2D eigenvalue weighted by atomic mass is 79.9. The summed E-state index contributed by atoms with van der Waals surface area (Å²) < 4.78 is 20.6. The molecule has 0 spiro atoms. The number of hydrogen-bond acceptors (Lipinski definition) is 4. The number of hydrogen-bond donors (Lipinski definition) is 0. The maximum absolute atomic E-state index is 11.3.